The molecule has 2 aromatic carbocycles. The van der Waals surface area contributed by atoms with Gasteiger partial charge in [0, 0.05) is 12.1 Å². The van der Waals surface area contributed by atoms with Gasteiger partial charge in [0.05, 0.1) is 11.5 Å². The molecule has 1 N–H and O–H groups in total. The summed E-state index contributed by atoms with van der Waals surface area (Å²) in [7, 11) is -2.83. The minimum absolute atomic E-state index is 0.0777. The standard InChI is InChI=1S/C16H19NO2S/c1-12(17-14-9-10-20(18,19)11-14)15-8-4-6-13-5-2-3-7-16(13)15/h2-8,12,14,17H,9-11H2,1H3. The van der Waals surface area contributed by atoms with Crippen LogP contribution in [0.2, 0.25) is 0 Å². The molecule has 2 aromatic rings. The molecule has 1 saturated heterocycles. The molecule has 1 fully saturated rings. The number of benzene rings is 2. The molecule has 106 valence electrons. The van der Waals surface area contributed by atoms with Crippen LogP contribution in [0.4, 0.5) is 0 Å². The van der Waals surface area contributed by atoms with Gasteiger partial charge in [-0.1, -0.05) is 42.5 Å². The van der Waals surface area contributed by atoms with Crippen LogP contribution in [0.15, 0.2) is 42.5 Å². The highest BCUT2D eigenvalue weighted by Crippen LogP contribution is 2.25. The molecule has 3 rings (SSSR count). The van der Waals surface area contributed by atoms with Crippen LogP contribution in [0.5, 0.6) is 0 Å². The van der Waals surface area contributed by atoms with E-state index < -0.39 is 9.84 Å². The maximum atomic E-state index is 11.5. The second kappa shape index (κ2) is 5.19. The molecular formula is C16H19NO2S. The summed E-state index contributed by atoms with van der Waals surface area (Å²) in [4.78, 5) is 0. The predicted octanol–water partition coefficient (Wildman–Crippen LogP) is 2.68. The highest BCUT2D eigenvalue weighted by molar-refractivity contribution is 7.91. The minimum Gasteiger partial charge on any atom is -0.306 e. The van der Waals surface area contributed by atoms with Gasteiger partial charge in [-0.3, -0.25) is 0 Å². The first-order valence-corrected chi connectivity index (χ1v) is 8.81. The van der Waals surface area contributed by atoms with Crippen LogP contribution in [-0.4, -0.2) is 26.0 Å². The average Bonchev–Trinajstić information content (AvgIpc) is 2.77. The monoisotopic (exact) mass is 289 g/mol. The molecule has 1 heterocycles. The fourth-order valence-electron chi connectivity index (χ4n) is 3.00. The van der Waals surface area contributed by atoms with Gasteiger partial charge in [-0.05, 0) is 29.7 Å². The zero-order valence-corrected chi connectivity index (χ0v) is 12.4. The normalized spacial score (nSPS) is 22.9. The number of hydrogen-bond donors (Lipinski definition) is 1. The molecule has 0 aromatic heterocycles. The average molecular weight is 289 g/mol. The van der Waals surface area contributed by atoms with Gasteiger partial charge >= 0.3 is 0 Å². The van der Waals surface area contributed by atoms with Crippen molar-refractivity contribution in [2.75, 3.05) is 11.5 Å². The van der Waals surface area contributed by atoms with Crippen LogP contribution in [0, 0.1) is 0 Å². The molecule has 3 nitrogen and oxygen atoms in total. The number of rotatable bonds is 3. The first-order chi connectivity index (χ1) is 9.55. The Balaban J connectivity index is 1.84. The molecule has 1 aliphatic heterocycles. The minimum atomic E-state index is -2.83. The lowest BCUT2D eigenvalue weighted by Gasteiger charge is -2.20. The SMILES string of the molecule is CC(NC1CCS(=O)(=O)C1)c1cccc2ccccc12. The quantitative estimate of drug-likeness (QED) is 0.945. The molecule has 0 radical (unpaired) electrons. The zero-order valence-electron chi connectivity index (χ0n) is 11.5. The second-order valence-electron chi connectivity index (χ2n) is 5.56. The molecule has 2 atom stereocenters. The lowest BCUT2D eigenvalue weighted by Crippen LogP contribution is -2.32. The summed E-state index contributed by atoms with van der Waals surface area (Å²) < 4.78 is 23.1. The Hall–Kier alpha value is -1.39. The Kier molecular flexibility index (Phi) is 3.52. The van der Waals surface area contributed by atoms with Gasteiger partial charge in [-0.2, -0.15) is 0 Å². The van der Waals surface area contributed by atoms with E-state index in [1.807, 2.05) is 12.1 Å². The smallest absolute Gasteiger partial charge is 0.151 e. The van der Waals surface area contributed by atoms with E-state index in [0.29, 0.717) is 5.75 Å². The van der Waals surface area contributed by atoms with Crippen LogP contribution < -0.4 is 5.32 Å². The number of nitrogens with one attached hydrogen (secondary N) is 1. The number of sulfone groups is 1. The summed E-state index contributed by atoms with van der Waals surface area (Å²) in [6, 6.07) is 14.8. The fraction of sp³-hybridized carbons (Fsp3) is 0.375. The summed E-state index contributed by atoms with van der Waals surface area (Å²) >= 11 is 0. The van der Waals surface area contributed by atoms with Gasteiger partial charge in [0.15, 0.2) is 9.84 Å². The van der Waals surface area contributed by atoms with Gasteiger partial charge in [0.1, 0.15) is 0 Å². The topological polar surface area (TPSA) is 46.2 Å². The molecule has 1 aliphatic rings. The van der Waals surface area contributed by atoms with Crippen LogP contribution in [0.3, 0.4) is 0 Å². The van der Waals surface area contributed by atoms with Gasteiger partial charge in [0.2, 0.25) is 0 Å². The van der Waals surface area contributed by atoms with Crippen LogP contribution in [0.1, 0.15) is 24.9 Å². The van der Waals surface area contributed by atoms with Crippen molar-refractivity contribution >= 4 is 20.6 Å². The maximum absolute atomic E-state index is 11.5. The second-order valence-corrected chi connectivity index (χ2v) is 7.79. The van der Waals surface area contributed by atoms with E-state index in [9.17, 15) is 8.42 Å². The van der Waals surface area contributed by atoms with E-state index in [4.69, 9.17) is 0 Å². The number of fused-ring (bicyclic) bond motifs is 1. The Morgan fingerprint density at radius 2 is 1.90 bits per heavy atom. The summed E-state index contributed by atoms with van der Waals surface area (Å²) in [6.07, 6.45) is 0.720. The fourth-order valence-corrected chi connectivity index (χ4v) is 4.68. The van der Waals surface area contributed by atoms with Crippen molar-refractivity contribution in [2.45, 2.75) is 25.4 Å². The highest BCUT2D eigenvalue weighted by Gasteiger charge is 2.28. The van der Waals surface area contributed by atoms with Gasteiger partial charge in [-0.25, -0.2) is 8.42 Å². The van der Waals surface area contributed by atoms with Crippen LogP contribution in [-0.2, 0) is 9.84 Å². The van der Waals surface area contributed by atoms with Crippen molar-refractivity contribution in [3.8, 4) is 0 Å². The van der Waals surface area contributed by atoms with Crippen molar-refractivity contribution in [1.82, 2.24) is 5.32 Å². The molecular weight excluding hydrogens is 270 g/mol. The van der Waals surface area contributed by atoms with E-state index in [1.165, 1.54) is 16.3 Å². The van der Waals surface area contributed by atoms with Crippen LogP contribution >= 0.6 is 0 Å². The van der Waals surface area contributed by atoms with Crippen molar-refractivity contribution in [3.05, 3.63) is 48.0 Å². The molecule has 4 heteroatoms. The van der Waals surface area contributed by atoms with E-state index >= 15 is 0 Å². The molecule has 0 saturated carbocycles. The molecule has 2 unspecified atom stereocenters. The summed E-state index contributed by atoms with van der Waals surface area (Å²) in [6.45, 7) is 2.10. The van der Waals surface area contributed by atoms with Crippen molar-refractivity contribution in [2.24, 2.45) is 0 Å². The van der Waals surface area contributed by atoms with Crippen LogP contribution in [0.25, 0.3) is 10.8 Å². The van der Waals surface area contributed by atoms with E-state index in [2.05, 4.69) is 42.6 Å². The summed E-state index contributed by atoms with van der Waals surface area (Å²) in [5, 5.41) is 5.92. The van der Waals surface area contributed by atoms with Crippen molar-refractivity contribution in [1.29, 1.82) is 0 Å². The third-order valence-electron chi connectivity index (χ3n) is 4.01. The lowest BCUT2D eigenvalue weighted by atomic mass is 9.99. The van der Waals surface area contributed by atoms with Crippen molar-refractivity contribution < 1.29 is 8.42 Å². The van der Waals surface area contributed by atoms with E-state index in [0.717, 1.165) is 6.42 Å². The van der Waals surface area contributed by atoms with Gasteiger partial charge in [-0.15, -0.1) is 0 Å². The van der Waals surface area contributed by atoms with E-state index in [-0.39, 0.29) is 17.8 Å². The Bertz CT molecular complexity index is 719. The molecule has 0 amide bonds. The highest BCUT2D eigenvalue weighted by atomic mass is 32.2. The Morgan fingerprint density at radius 3 is 2.65 bits per heavy atom. The summed E-state index contributed by atoms with van der Waals surface area (Å²) in [5.74, 6) is 0.578. The zero-order chi connectivity index (χ0) is 14.2. The molecule has 0 bridgehead atoms. The third-order valence-corrected chi connectivity index (χ3v) is 5.78. The Morgan fingerprint density at radius 1 is 1.15 bits per heavy atom. The maximum Gasteiger partial charge on any atom is 0.151 e. The van der Waals surface area contributed by atoms with Gasteiger partial charge < -0.3 is 5.32 Å². The molecule has 0 aliphatic carbocycles. The Labute approximate surface area is 119 Å². The molecule has 0 spiro atoms. The van der Waals surface area contributed by atoms with Crippen molar-refractivity contribution in [3.63, 3.8) is 0 Å². The summed E-state index contributed by atoms with van der Waals surface area (Å²) in [5.41, 5.74) is 1.23. The third kappa shape index (κ3) is 2.72. The molecule has 20 heavy (non-hydrogen) atoms. The first kappa shape index (κ1) is 13.6. The van der Waals surface area contributed by atoms with Gasteiger partial charge in [0.25, 0.3) is 0 Å². The van der Waals surface area contributed by atoms with E-state index in [1.54, 1.807) is 0 Å². The number of hydrogen-bond acceptors (Lipinski definition) is 3. The largest absolute Gasteiger partial charge is 0.306 e. The first-order valence-electron chi connectivity index (χ1n) is 6.99. The predicted molar refractivity (Wildman–Crippen MR) is 82.6 cm³/mol. The lowest BCUT2D eigenvalue weighted by molar-refractivity contribution is 0.487.